The van der Waals surface area contributed by atoms with E-state index in [4.69, 9.17) is 0 Å². The molecular formula is C27H25BrN4O. The van der Waals surface area contributed by atoms with Gasteiger partial charge >= 0.3 is 0 Å². The molecule has 1 heterocycles. The van der Waals surface area contributed by atoms with E-state index in [1.54, 1.807) is 10.8 Å². The second kappa shape index (κ2) is 10.4. The van der Waals surface area contributed by atoms with Gasteiger partial charge in [0.2, 0.25) is 0 Å². The lowest BCUT2D eigenvalue weighted by Crippen LogP contribution is -2.21. The summed E-state index contributed by atoms with van der Waals surface area (Å²) in [5.74, 6) is -0.0575. The molecule has 1 aromatic heterocycles. The minimum atomic E-state index is -0.0575. The maximum atomic E-state index is 12.8. The largest absolute Gasteiger partial charge is 0.372 e. The molecule has 0 saturated carbocycles. The molecule has 0 atom stereocenters. The summed E-state index contributed by atoms with van der Waals surface area (Å²) in [5, 5.41) is 8.51. The van der Waals surface area contributed by atoms with Crippen molar-refractivity contribution in [1.29, 1.82) is 0 Å². The van der Waals surface area contributed by atoms with E-state index in [-0.39, 0.29) is 5.78 Å². The normalized spacial score (nSPS) is 11.1. The van der Waals surface area contributed by atoms with Gasteiger partial charge in [0.1, 0.15) is 5.69 Å². The minimum Gasteiger partial charge on any atom is -0.372 e. The molecule has 0 saturated heterocycles. The topological polar surface area (TPSA) is 51.0 Å². The van der Waals surface area contributed by atoms with Crippen LogP contribution in [0.4, 0.5) is 5.69 Å². The van der Waals surface area contributed by atoms with Crippen molar-refractivity contribution in [3.63, 3.8) is 0 Å². The Morgan fingerprint density at radius 2 is 1.73 bits per heavy atom. The molecule has 4 rings (SSSR count). The number of aromatic nitrogens is 3. The van der Waals surface area contributed by atoms with Gasteiger partial charge in [-0.3, -0.25) is 4.79 Å². The average Bonchev–Trinajstić information content (AvgIpc) is 3.35. The van der Waals surface area contributed by atoms with Gasteiger partial charge in [-0.2, -0.15) is 0 Å². The number of halogens is 1. The van der Waals surface area contributed by atoms with Crippen molar-refractivity contribution < 1.29 is 4.79 Å². The van der Waals surface area contributed by atoms with Crippen molar-refractivity contribution in [2.75, 3.05) is 18.0 Å². The van der Waals surface area contributed by atoms with E-state index < -0.39 is 0 Å². The van der Waals surface area contributed by atoms with Gasteiger partial charge in [0, 0.05) is 34.4 Å². The summed E-state index contributed by atoms with van der Waals surface area (Å²) in [7, 11) is 0. The number of benzene rings is 3. The van der Waals surface area contributed by atoms with E-state index in [1.165, 1.54) is 5.69 Å². The van der Waals surface area contributed by atoms with Crippen LogP contribution in [0.25, 0.3) is 23.0 Å². The molecule has 0 radical (unpaired) electrons. The highest BCUT2D eigenvalue weighted by Gasteiger charge is 2.08. The molecule has 0 unspecified atom stereocenters. The fourth-order valence-electron chi connectivity index (χ4n) is 3.60. The van der Waals surface area contributed by atoms with E-state index in [9.17, 15) is 4.79 Å². The van der Waals surface area contributed by atoms with E-state index in [2.05, 4.69) is 57.1 Å². The highest BCUT2D eigenvalue weighted by molar-refractivity contribution is 9.10. The van der Waals surface area contributed by atoms with Gasteiger partial charge in [0.25, 0.3) is 0 Å². The lowest BCUT2D eigenvalue weighted by Gasteiger charge is -2.20. The molecule has 166 valence electrons. The van der Waals surface area contributed by atoms with Crippen molar-refractivity contribution in [3.8, 4) is 16.9 Å². The van der Waals surface area contributed by atoms with Crippen LogP contribution in [0, 0.1) is 0 Å². The van der Waals surface area contributed by atoms with Gasteiger partial charge in [-0.15, -0.1) is 5.10 Å². The Bertz CT molecular complexity index is 1260. The van der Waals surface area contributed by atoms with Gasteiger partial charge < -0.3 is 4.90 Å². The predicted octanol–water partition coefficient (Wildman–Crippen LogP) is 6.44. The Morgan fingerprint density at radius 1 is 1.00 bits per heavy atom. The number of ketones is 1. The van der Waals surface area contributed by atoms with Crippen LogP contribution in [-0.4, -0.2) is 33.9 Å². The first kappa shape index (κ1) is 22.7. The lowest BCUT2D eigenvalue weighted by molar-refractivity contribution is 0.104. The van der Waals surface area contributed by atoms with Crippen LogP contribution in [0.15, 0.2) is 89.5 Å². The first-order valence-electron chi connectivity index (χ1n) is 10.9. The van der Waals surface area contributed by atoms with Crippen molar-refractivity contribution in [2.45, 2.75) is 13.8 Å². The molecule has 0 N–H and O–H groups in total. The van der Waals surface area contributed by atoms with Crippen molar-refractivity contribution in [2.24, 2.45) is 0 Å². The van der Waals surface area contributed by atoms with Crippen molar-refractivity contribution in [1.82, 2.24) is 15.0 Å². The highest BCUT2D eigenvalue weighted by atomic mass is 79.9. The third kappa shape index (κ3) is 5.46. The SMILES string of the molecule is CCN(CC)c1ccc(/C=C/C(=O)c2cccc(-n3cc(-c4ccc(Br)cc4)nn3)c2)cc1. The Kier molecular flexibility index (Phi) is 7.15. The number of allylic oxidation sites excluding steroid dienone is 1. The molecule has 6 heteroatoms. The second-order valence-electron chi connectivity index (χ2n) is 7.57. The molecule has 4 aromatic rings. The number of carbonyl (C=O) groups is 1. The van der Waals surface area contributed by atoms with E-state index >= 15 is 0 Å². The predicted molar refractivity (Wildman–Crippen MR) is 138 cm³/mol. The number of rotatable bonds is 8. The summed E-state index contributed by atoms with van der Waals surface area (Å²) in [4.78, 5) is 15.1. The zero-order chi connectivity index (χ0) is 23.2. The third-order valence-corrected chi connectivity index (χ3v) is 6.01. The summed E-state index contributed by atoms with van der Waals surface area (Å²) in [6.07, 6.45) is 5.32. The maximum Gasteiger partial charge on any atom is 0.185 e. The molecule has 33 heavy (non-hydrogen) atoms. The van der Waals surface area contributed by atoms with Crippen molar-refractivity contribution in [3.05, 3.63) is 101 Å². The minimum absolute atomic E-state index is 0.0575. The van der Waals surface area contributed by atoms with Crippen LogP contribution in [0.2, 0.25) is 0 Å². The number of nitrogens with zero attached hydrogens (tertiary/aromatic N) is 4. The standard InChI is InChI=1S/C27H25BrN4O/c1-3-31(4-2)24-15-8-20(9-16-24)10-17-27(33)22-6-5-7-25(18-22)32-19-26(29-30-32)21-11-13-23(28)14-12-21/h5-19H,3-4H2,1-2H3/b17-10+. The fraction of sp³-hybridized carbons (Fsp3) is 0.148. The summed E-state index contributed by atoms with van der Waals surface area (Å²) >= 11 is 3.44. The Morgan fingerprint density at radius 3 is 2.42 bits per heavy atom. The Hall–Kier alpha value is -3.51. The number of anilines is 1. The summed E-state index contributed by atoms with van der Waals surface area (Å²) in [6, 6.07) is 23.6. The van der Waals surface area contributed by atoms with Crippen LogP contribution in [0.5, 0.6) is 0 Å². The fourth-order valence-corrected chi connectivity index (χ4v) is 3.86. The Balaban J connectivity index is 1.48. The lowest BCUT2D eigenvalue weighted by atomic mass is 10.1. The summed E-state index contributed by atoms with van der Waals surface area (Å²) in [5.41, 5.74) is 5.31. The van der Waals surface area contributed by atoms with E-state index in [0.717, 1.165) is 40.1 Å². The van der Waals surface area contributed by atoms with Gasteiger partial charge in [-0.25, -0.2) is 4.68 Å². The zero-order valence-electron chi connectivity index (χ0n) is 18.6. The summed E-state index contributed by atoms with van der Waals surface area (Å²) in [6.45, 7) is 6.23. The quantitative estimate of drug-likeness (QED) is 0.206. The number of hydrogen-bond acceptors (Lipinski definition) is 4. The smallest absolute Gasteiger partial charge is 0.185 e. The van der Waals surface area contributed by atoms with E-state index in [1.807, 2.05) is 72.9 Å². The first-order valence-corrected chi connectivity index (χ1v) is 11.7. The van der Waals surface area contributed by atoms with Crippen LogP contribution in [-0.2, 0) is 0 Å². The molecular weight excluding hydrogens is 476 g/mol. The monoisotopic (exact) mass is 500 g/mol. The molecule has 0 amide bonds. The van der Waals surface area contributed by atoms with Gasteiger partial charge in [-0.05, 0) is 61.9 Å². The van der Waals surface area contributed by atoms with Crippen LogP contribution in [0.1, 0.15) is 29.8 Å². The number of carbonyl (C=O) groups excluding carboxylic acids is 1. The van der Waals surface area contributed by atoms with Crippen LogP contribution in [0.3, 0.4) is 0 Å². The third-order valence-electron chi connectivity index (χ3n) is 5.48. The van der Waals surface area contributed by atoms with Gasteiger partial charge in [0.05, 0.1) is 11.9 Å². The summed E-state index contributed by atoms with van der Waals surface area (Å²) < 4.78 is 2.70. The molecule has 0 aliphatic heterocycles. The highest BCUT2D eigenvalue weighted by Crippen LogP contribution is 2.21. The zero-order valence-corrected chi connectivity index (χ0v) is 20.2. The molecule has 0 aliphatic rings. The first-order chi connectivity index (χ1) is 16.1. The molecule has 0 bridgehead atoms. The molecule has 0 aliphatic carbocycles. The van der Waals surface area contributed by atoms with Gasteiger partial charge in [-0.1, -0.05) is 63.6 Å². The Labute approximate surface area is 202 Å². The average molecular weight is 501 g/mol. The van der Waals surface area contributed by atoms with Crippen LogP contribution >= 0.6 is 15.9 Å². The maximum absolute atomic E-state index is 12.8. The molecule has 3 aromatic carbocycles. The molecule has 0 fully saturated rings. The second-order valence-corrected chi connectivity index (χ2v) is 8.48. The van der Waals surface area contributed by atoms with E-state index in [0.29, 0.717) is 5.56 Å². The number of hydrogen-bond donors (Lipinski definition) is 0. The van der Waals surface area contributed by atoms with Gasteiger partial charge in [0.15, 0.2) is 5.78 Å². The molecule has 0 spiro atoms. The van der Waals surface area contributed by atoms with Crippen molar-refractivity contribution >= 4 is 33.5 Å². The molecule has 5 nitrogen and oxygen atoms in total. The van der Waals surface area contributed by atoms with Crippen LogP contribution < -0.4 is 4.90 Å².